The van der Waals surface area contributed by atoms with Crippen LogP contribution in [0.2, 0.25) is 0 Å². The number of esters is 1. The van der Waals surface area contributed by atoms with Gasteiger partial charge in [0.25, 0.3) is 0 Å². The maximum Gasteiger partial charge on any atom is 0.339 e. The van der Waals surface area contributed by atoms with Crippen molar-refractivity contribution in [3.63, 3.8) is 0 Å². The lowest BCUT2D eigenvalue weighted by atomic mass is 9.90. The van der Waals surface area contributed by atoms with Crippen LogP contribution < -0.4 is 9.47 Å². The molecule has 0 saturated carbocycles. The molecule has 0 amide bonds. The summed E-state index contributed by atoms with van der Waals surface area (Å²) in [5, 5.41) is 2.83. The average molecular weight is 531 g/mol. The van der Waals surface area contributed by atoms with Gasteiger partial charge in [0, 0.05) is 17.1 Å². The number of hydrogen-bond acceptors (Lipinski definition) is 7. The molecule has 0 aliphatic carbocycles. The number of pyridine rings is 1. The van der Waals surface area contributed by atoms with Crippen molar-refractivity contribution in [3.8, 4) is 22.8 Å². The number of aromatic nitrogens is 2. The molecule has 2 heterocycles. The molecule has 0 unspecified atom stereocenters. The molecular formula is C31H34N2O4S. The number of carbonyl (C=O) groups excluding carboxylic acids is 1. The third-order valence-corrected chi connectivity index (χ3v) is 7.15. The second kappa shape index (κ2) is 13.7. The topological polar surface area (TPSA) is 70.5 Å². The molecule has 0 bridgehead atoms. The fourth-order valence-corrected chi connectivity index (χ4v) is 5.05. The monoisotopic (exact) mass is 530 g/mol. The van der Waals surface area contributed by atoms with Crippen molar-refractivity contribution in [2.45, 2.75) is 58.7 Å². The van der Waals surface area contributed by atoms with Gasteiger partial charge >= 0.3 is 5.97 Å². The SMILES string of the molecule is CCCC(CCC)c1ccc(COc2ccc(-c3csc(COc4cncc(C(=O)OC)c4)n3)cc2)cc1. The van der Waals surface area contributed by atoms with Crippen LogP contribution in [0.15, 0.2) is 72.4 Å². The van der Waals surface area contributed by atoms with E-state index >= 15 is 0 Å². The summed E-state index contributed by atoms with van der Waals surface area (Å²) in [6.07, 6.45) is 7.92. The van der Waals surface area contributed by atoms with Crippen LogP contribution in [0, 0.1) is 0 Å². The maximum absolute atomic E-state index is 11.7. The van der Waals surface area contributed by atoms with Crippen LogP contribution in [0.25, 0.3) is 11.3 Å². The van der Waals surface area contributed by atoms with Crippen molar-refractivity contribution in [3.05, 3.63) is 94.1 Å². The van der Waals surface area contributed by atoms with Crippen molar-refractivity contribution in [2.24, 2.45) is 0 Å². The molecule has 4 rings (SSSR count). The number of rotatable bonds is 13. The first-order valence-corrected chi connectivity index (χ1v) is 13.9. The van der Waals surface area contributed by atoms with E-state index in [1.54, 1.807) is 12.3 Å². The van der Waals surface area contributed by atoms with E-state index in [-0.39, 0.29) is 6.61 Å². The Labute approximate surface area is 228 Å². The van der Waals surface area contributed by atoms with Gasteiger partial charge in [-0.1, -0.05) is 51.0 Å². The molecule has 0 aliphatic rings. The number of thiazole rings is 1. The molecule has 0 N–H and O–H groups in total. The Kier molecular flexibility index (Phi) is 9.87. The first kappa shape index (κ1) is 27.3. The van der Waals surface area contributed by atoms with E-state index < -0.39 is 5.97 Å². The van der Waals surface area contributed by atoms with E-state index in [2.05, 4.69) is 48.1 Å². The zero-order chi connectivity index (χ0) is 26.7. The summed E-state index contributed by atoms with van der Waals surface area (Å²) in [5.41, 5.74) is 4.83. The van der Waals surface area contributed by atoms with Crippen LogP contribution in [-0.2, 0) is 18.0 Å². The number of hydrogen-bond donors (Lipinski definition) is 0. The summed E-state index contributed by atoms with van der Waals surface area (Å²) < 4.78 is 16.5. The molecule has 0 fully saturated rings. The van der Waals surface area contributed by atoms with Crippen molar-refractivity contribution in [2.75, 3.05) is 7.11 Å². The van der Waals surface area contributed by atoms with Gasteiger partial charge in [-0.3, -0.25) is 4.98 Å². The lowest BCUT2D eigenvalue weighted by Crippen LogP contribution is -2.03. The van der Waals surface area contributed by atoms with Gasteiger partial charge in [0.15, 0.2) is 0 Å². The van der Waals surface area contributed by atoms with E-state index in [1.807, 2.05) is 29.6 Å². The zero-order valence-corrected chi connectivity index (χ0v) is 23.0. The van der Waals surface area contributed by atoms with Crippen molar-refractivity contribution >= 4 is 17.3 Å². The van der Waals surface area contributed by atoms with Crippen molar-refractivity contribution < 1.29 is 19.0 Å². The first-order valence-electron chi connectivity index (χ1n) is 13.0. The van der Waals surface area contributed by atoms with Gasteiger partial charge in [-0.15, -0.1) is 11.3 Å². The van der Waals surface area contributed by atoms with Crippen LogP contribution >= 0.6 is 11.3 Å². The molecule has 38 heavy (non-hydrogen) atoms. The molecule has 2 aromatic heterocycles. The number of benzene rings is 2. The molecule has 0 atom stereocenters. The minimum Gasteiger partial charge on any atom is -0.489 e. The highest BCUT2D eigenvalue weighted by molar-refractivity contribution is 7.09. The summed E-state index contributed by atoms with van der Waals surface area (Å²) in [7, 11) is 1.33. The molecule has 4 aromatic rings. The fourth-order valence-electron chi connectivity index (χ4n) is 4.33. The molecular weight excluding hydrogens is 496 g/mol. The van der Waals surface area contributed by atoms with Gasteiger partial charge in [-0.2, -0.15) is 0 Å². The highest BCUT2D eigenvalue weighted by atomic mass is 32.1. The third-order valence-electron chi connectivity index (χ3n) is 6.33. The van der Waals surface area contributed by atoms with Crippen molar-refractivity contribution in [1.82, 2.24) is 9.97 Å². The van der Waals surface area contributed by atoms with E-state index in [4.69, 9.17) is 14.2 Å². The third kappa shape index (κ3) is 7.42. The summed E-state index contributed by atoms with van der Waals surface area (Å²) in [6, 6.07) is 18.5. The predicted octanol–water partition coefficient (Wildman–Crippen LogP) is 7.83. The minimum absolute atomic E-state index is 0.286. The highest BCUT2D eigenvalue weighted by Gasteiger charge is 2.11. The summed E-state index contributed by atoms with van der Waals surface area (Å²) in [5.74, 6) is 1.51. The normalized spacial score (nSPS) is 10.9. The smallest absolute Gasteiger partial charge is 0.339 e. The summed E-state index contributed by atoms with van der Waals surface area (Å²) in [4.78, 5) is 20.4. The number of carbonyl (C=O) groups is 1. The Hall–Kier alpha value is -3.71. The molecule has 0 saturated heterocycles. The lowest BCUT2D eigenvalue weighted by molar-refractivity contribution is 0.0599. The Morgan fingerprint density at radius 3 is 2.29 bits per heavy atom. The van der Waals surface area contributed by atoms with E-state index in [0.29, 0.717) is 23.8 Å². The Balaban J connectivity index is 1.30. The predicted molar refractivity (Wildman–Crippen MR) is 151 cm³/mol. The lowest BCUT2D eigenvalue weighted by Gasteiger charge is -2.16. The second-order valence-electron chi connectivity index (χ2n) is 9.14. The van der Waals surface area contributed by atoms with Crippen LogP contribution in [-0.4, -0.2) is 23.0 Å². The van der Waals surface area contributed by atoms with Gasteiger partial charge in [0.05, 0.1) is 24.6 Å². The Morgan fingerprint density at radius 1 is 0.895 bits per heavy atom. The molecule has 2 aromatic carbocycles. The standard InChI is InChI=1S/C31H34N2O4S/c1-4-6-23(7-5-2)24-10-8-22(9-11-24)19-36-27-14-12-25(13-15-27)29-21-38-30(33-29)20-37-28-16-26(17-32-18-28)31(34)35-3/h8-18,21,23H,4-7,19-20H2,1-3H3. The number of methoxy groups -OCH3 is 1. The average Bonchev–Trinajstić information content (AvgIpc) is 3.44. The Bertz CT molecular complexity index is 1300. The first-order chi connectivity index (χ1) is 18.6. The Morgan fingerprint density at radius 2 is 1.61 bits per heavy atom. The quantitative estimate of drug-likeness (QED) is 0.164. The molecule has 198 valence electrons. The van der Waals surface area contributed by atoms with Crippen LogP contribution in [0.1, 0.15) is 71.9 Å². The molecule has 0 radical (unpaired) electrons. The molecule has 0 spiro atoms. The molecule has 0 aliphatic heterocycles. The van der Waals surface area contributed by atoms with Crippen LogP contribution in [0.5, 0.6) is 11.5 Å². The van der Waals surface area contributed by atoms with Gasteiger partial charge in [0.2, 0.25) is 0 Å². The highest BCUT2D eigenvalue weighted by Crippen LogP contribution is 2.28. The number of ether oxygens (including phenoxy) is 3. The second-order valence-corrected chi connectivity index (χ2v) is 10.1. The summed E-state index contributed by atoms with van der Waals surface area (Å²) in [6.45, 7) is 5.34. The van der Waals surface area contributed by atoms with Crippen LogP contribution in [0.4, 0.5) is 0 Å². The van der Waals surface area contributed by atoms with Crippen molar-refractivity contribution in [1.29, 1.82) is 0 Å². The fraction of sp³-hybridized carbons (Fsp3) is 0.323. The van der Waals surface area contributed by atoms with E-state index in [9.17, 15) is 4.79 Å². The minimum atomic E-state index is -0.451. The van der Waals surface area contributed by atoms with Gasteiger partial charge in [-0.05, 0) is 60.2 Å². The van der Waals surface area contributed by atoms with Gasteiger partial charge in [-0.25, -0.2) is 9.78 Å². The number of nitrogens with zero attached hydrogens (tertiary/aromatic N) is 2. The zero-order valence-electron chi connectivity index (χ0n) is 22.2. The van der Waals surface area contributed by atoms with Crippen LogP contribution in [0.3, 0.4) is 0 Å². The van der Waals surface area contributed by atoms with Gasteiger partial charge < -0.3 is 14.2 Å². The van der Waals surface area contributed by atoms with Gasteiger partial charge in [0.1, 0.15) is 29.7 Å². The molecule has 6 nitrogen and oxygen atoms in total. The largest absolute Gasteiger partial charge is 0.489 e. The summed E-state index contributed by atoms with van der Waals surface area (Å²) >= 11 is 1.52. The van der Waals surface area contributed by atoms with E-state index in [1.165, 1.54) is 61.5 Å². The molecule has 7 heteroatoms. The maximum atomic E-state index is 11.7. The van der Waals surface area contributed by atoms with E-state index in [0.717, 1.165) is 22.0 Å².